The van der Waals surface area contributed by atoms with Gasteiger partial charge in [-0.15, -0.1) is 0 Å². The second-order valence-electron chi connectivity index (χ2n) is 7.82. The molecule has 0 unspecified atom stereocenters. The molecule has 0 bridgehead atoms. The summed E-state index contributed by atoms with van der Waals surface area (Å²) in [5, 5.41) is 3.84. The molecule has 0 radical (unpaired) electrons. The number of rotatable bonds is 4. The Morgan fingerprint density at radius 3 is 2.45 bits per heavy atom. The van der Waals surface area contributed by atoms with Gasteiger partial charge in [0, 0.05) is 21.8 Å². The molecule has 0 spiro atoms. The van der Waals surface area contributed by atoms with Gasteiger partial charge in [0.15, 0.2) is 11.3 Å². The van der Waals surface area contributed by atoms with Gasteiger partial charge in [-0.3, -0.25) is 4.79 Å². The van der Waals surface area contributed by atoms with Crippen molar-refractivity contribution in [3.05, 3.63) is 93.7 Å². The van der Waals surface area contributed by atoms with Gasteiger partial charge in [-0.25, -0.2) is 4.98 Å². The Kier molecular flexibility index (Phi) is 5.44. The van der Waals surface area contributed by atoms with E-state index >= 15 is 0 Å². The first-order chi connectivity index (χ1) is 15.9. The van der Waals surface area contributed by atoms with E-state index in [1.54, 1.807) is 48.5 Å². The minimum absolute atomic E-state index is 0.150. The van der Waals surface area contributed by atoms with Gasteiger partial charge < -0.3 is 14.2 Å². The van der Waals surface area contributed by atoms with Crippen molar-refractivity contribution < 1.29 is 13.6 Å². The average molecular weight is 477 g/mol. The van der Waals surface area contributed by atoms with Crippen LogP contribution in [-0.4, -0.2) is 10.9 Å². The van der Waals surface area contributed by atoms with Gasteiger partial charge in [-0.2, -0.15) is 0 Å². The first-order valence-corrected chi connectivity index (χ1v) is 11.0. The lowest BCUT2D eigenvalue weighted by Crippen LogP contribution is -2.10. The molecular weight excluding hydrogens is 459 g/mol. The van der Waals surface area contributed by atoms with Crippen molar-refractivity contribution in [2.45, 2.75) is 13.8 Å². The second-order valence-corrected chi connectivity index (χ2v) is 8.66. The van der Waals surface area contributed by atoms with E-state index in [4.69, 9.17) is 32.0 Å². The van der Waals surface area contributed by atoms with Crippen molar-refractivity contribution in [2.24, 2.45) is 0 Å². The van der Waals surface area contributed by atoms with Gasteiger partial charge in [-0.05, 0) is 74.5 Å². The summed E-state index contributed by atoms with van der Waals surface area (Å²) in [5.74, 6) is 0.751. The zero-order valence-corrected chi connectivity index (χ0v) is 19.3. The summed E-state index contributed by atoms with van der Waals surface area (Å²) >= 11 is 12.3. The van der Waals surface area contributed by atoms with E-state index in [2.05, 4.69) is 16.4 Å². The van der Waals surface area contributed by atoms with Crippen LogP contribution in [0.4, 0.5) is 5.69 Å². The first-order valence-electron chi connectivity index (χ1n) is 10.2. The monoisotopic (exact) mass is 476 g/mol. The Bertz CT molecular complexity index is 1500. The number of hydrogen-bond acceptors (Lipinski definition) is 4. The number of carbonyl (C=O) groups is 1. The molecule has 2 heterocycles. The Balaban J connectivity index is 1.38. The number of nitrogens with zero attached hydrogens (tertiary/aromatic N) is 1. The lowest BCUT2D eigenvalue weighted by molar-refractivity contribution is 0.0997. The third-order valence-electron chi connectivity index (χ3n) is 5.14. The third-order valence-corrected chi connectivity index (χ3v) is 5.70. The van der Waals surface area contributed by atoms with Crippen LogP contribution in [-0.2, 0) is 0 Å². The van der Waals surface area contributed by atoms with Gasteiger partial charge in [0.2, 0.25) is 5.89 Å². The SMILES string of the molecule is Cc1cc(C)cc(-c2nc3cc(NC(=O)c4ccc(-c5cc(Cl)ccc5Cl)o4)ccc3o2)c1. The molecule has 0 aliphatic rings. The molecule has 5 rings (SSSR count). The van der Waals surface area contributed by atoms with Crippen LogP contribution in [0.5, 0.6) is 0 Å². The maximum absolute atomic E-state index is 12.7. The van der Waals surface area contributed by atoms with Crippen LogP contribution in [0, 0.1) is 13.8 Å². The van der Waals surface area contributed by atoms with Crippen LogP contribution in [0.3, 0.4) is 0 Å². The summed E-state index contributed by atoms with van der Waals surface area (Å²) in [7, 11) is 0. The van der Waals surface area contributed by atoms with E-state index in [-0.39, 0.29) is 5.76 Å². The molecule has 1 N–H and O–H groups in total. The minimum atomic E-state index is -0.392. The molecule has 0 fully saturated rings. The summed E-state index contributed by atoms with van der Waals surface area (Å²) in [4.78, 5) is 17.3. The quantitative estimate of drug-likeness (QED) is 0.285. The van der Waals surface area contributed by atoms with Crippen molar-refractivity contribution in [3.8, 4) is 22.8 Å². The maximum Gasteiger partial charge on any atom is 0.291 e. The molecule has 33 heavy (non-hydrogen) atoms. The number of oxazole rings is 1. The smallest absolute Gasteiger partial charge is 0.291 e. The van der Waals surface area contributed by atoms with E-state index in [1.807, 2.05) is 26.0 Å². The van der Waals surface area contributed by atoms with Gasteiger partial charge in [0.25, 0.3) is 5.91 Å². The van der Waals surface area contributed by atoms with E-state index < -0.39 is 5.91 Å². The van der Waals surface area contributed by atoms with Crippen molar-refractivity contribution in [3.63, 3.8) is 0 Å². The van der Waals surface area contributed by atoms with E-state index in [9.17, 15) is 4.79 Å². The zero-order chi connectivity index (χ0) is 23.1. The number of nitrogens with one attached hydrogen (secondary N) is 1. The van der Waals surface area contributed by atoms with Gasteiger partial charge in [0.05, 0.1) is 5.02 Å². The average Bonchev–Trinajstić information content (AvgIpc) is 3.42. The normalized spacial score (nSPS) is 11.2. The molecule has 0 saturated heterocycles. The fourth-order valence-corrected chi connectivity index (χ4v) is 4.09. The molecule has 5 aromatic rings. The van der Waals surface area contributed by atoms with Crippen molar-refractivity contribution >= 4 is 45.9 Å². The van der Waals surface area contributed by atoms with Crippen LogP contribution in [0.15, 0.2) is 75.6 Å². The highest BCUT2D eigenvalue weighted by Crippen LogP contribution is 2.32. The molecule has 1 amide bonds. The Morgan fingerprint density at radius 2 is 1.67 bits per heavy atom. The predicted molar refractivity (Wildman–Crippen MR) is 131 cm³/mol. The van der Waals surface area contributed by atoms with Crippen LogP contribution >= 0.6 is 23.2 Å². The molecule has 164 valence electrons. The number of amides is 1. The van der Waals surface area contributed by atoms with E-state index in [1.165, 1.54) is 0 Å². The molecule has 3 aromatic carbocycles. The zero-order valence-electron chi connectivity index (χ0n) is 17.8. The highest BCUT2D eigenvalue weighted by atomic mass is 35.5. The summed E-state index contributed by atoms with van der Waals surface area (Å²) in [5.41, 5.74) is 5.66. The van der Waals surface area contributed by atoms with Gasteiger partial charge >= 0.3 is 0 Å². The number of carbonyl (C=O) groups excluding carboxylic acids is 1. The van der Waals surface area contributed by atoms with E-state index in [0.717, 1.165) is 16.7 Å². The van der Waals surface area contributed by atoms with Crippen molar-refractivity contribution in [2.75, 3.05) is 5.32 Å². The summed E-state index contributed by atoms with van der Waals surface area (Å²) in [6.45, 7) is 4.07. The molecule has 0 saturated carbocycles. The fraction of sp³-hybridized carbons (Fsp3) is 0.0769. The number of benzene rings is 3. The highest BCUT2D eigenvalue weighted by molar-refractivity contribution is 6.35. The number of aryl methyl sites for hydroxylation is 2. The van der Waals surface area contributed by atoms with Crippen molar-refractivity contribution in [1.82, 2.24) is 4.98 Å². The highest BCUT2D eigenvalue weighted by Gasteiger charge is 2.16. The molecule has 0 aliphatic carbocycles. The van der Waals surface area contributed by atoms with Gasteiger partial charge in [-0.1, -0.05) is 40.4 Å². The second kappa shape index (κ2) is 8.43. The Morgan fingerprint density at radius 1 is 0.879 bits per heavy atom. The molecule has 0 aliphatic heterocycles. The third kappa shape index (κ3) is 4.38. The molecule has 2 aromatic heterocycles. The number of furan rings is 1. The van der Waals surface area contributed by atoms with Crippen LogP contribution in [0.25, 0.3) is 33.9 Å². The summed E-state index contributed by atoms with van der Waals surface area (Å²) < 4.78 is 11.6. The summed E-state index contributed by atoms with van der Waals surface area (Å²) in [6.07, 6.45) is 0. The summed E-state index contributed by atoms with van der Waals surface area (Å²) in [6, 6.07) is 19.8. The first kappa shape index (κ1) is 21.3. The lowest BCUT2D eigenvalue weighted by Gasteiger charge is -2.03. The van der Waals surface area contributed by atoms with Gasteiger partial charge in [0.1, 0.15) is 11.3 Å². The number of halogens is 2. The Labute approximate surface area is 200 Å². The molecule has 5 nitrogen and oxygen atoms in total. The van der Waals surface area contributed by atoms with Crippen LogP contribution in [0.1, 0.15) is 21.7 Å². The van der Waals surface area contributed by atoms with E-state index in [0.29, 0.717) is 44.0 Å². The van der Waals surface area contributed by atoms with Crippen molar-refractivity contribution in [1.29, 1.82) is 0 Å². The maximum atomic E-state index is 12.7. The largest absolute Gasteiger partial charge is 0.451 e. The Hall–Kier alpha value is -3.54. The molecular formula is C26H18Cl2N2O3. The minimum Gasteiger partial charge on any atom is -0.451 e. The standard InChI is InChI=1S/C26H18Cl2N2O3/c1-14-9-15(2)11-16(10-14)26-30-21-13-18(4-6-23(21)33-26)29-25(31)24-8-7-22(32-24)19-12-17(27)3-5-20(19)28/h3-13H,1-2H3,(H,29,31). The van der Waals surface area contributed by atoms with Crippen LogP contribution < -0.4 is 5.32 Å². The van der Waals surface area contributed by atoms with Crippen LogP contribution in [0.2, 0.25) is 10.0 Å². The topological polar surface area (TPSA) is 68.3 Å². The number of aromatic nitrogens is 1. The number of anilines is 1. The number of hydrogen-bond donors (Lipinski definition) is 1. The molecule has 0 atom stereocenters. The fourth-order valence-electron chi connectivity index (χ4n) is 3.71. The lowest BCUT2D eigenvalue weighted by atomic mass is 10.1. The predicted octanol–water partition coefficient (Wildman–Crippen LogP) is 7.93. The number of fused-ring (bicyclic) bond motifs is 1. The molecule has 7 heteroatoms.